The number of aryl methyl sites for hydroxylation is 2. The first-order valence-corrected chi connectivity index (χ1v) is 10.4. The van der Waals surface area contributed by atoms with Gasteiger partial charge in [0.15, 0.2) is 11.6 Å². The lowest BCUT2D eigenvalue weighted by atomic mass is 9.91. The highest BCUT2D eigenvalue weighted by atomic mass is 19.1. The van der Waals surface area contributed by atoms with Gasteiger partial charge in [-0.3, -0.25) is 4.90 Å². The summed E-state index contributed by atoms with van der Waals surface area (Å²) in [6, 6.07) is 7.48. The number of hydrogen-bond acceptors (Lipinski definition) is 4. The number of rotatable bonds is 7. The lowest BCUT2D eigenvalue weighted by molar-refractivity contribution is -0.139. The van der Waals surface area contributed by atoms with E-state index in [0.717, 1.165) is 28.8 Å². The Hall–Kier alpha value is -3.42. The van der Waals surface area contributed by atoms with Crippen LogP contribution in [0, 0.1) is 25.5 Å². The van der Waals surface area contributed by atoms with Gasteiger partial charge in [0.25, 0.3) is 0 Å². The summed E-state index contributed by atoms with van der Waals surface area (Å²) >= 11 is 0. The highest BCUT2D eigenvalue weighted by Gasteiger charge is 2.38. The third-order valence-electron chi connectivity index (χ3n) is 5.24. The fourth-order valence-electron chi connectivity index (χ4n) is 3.76. The van der Waals surface area contributed by atoms with Gasteiger partial charge in [-0.2, -0.15) is 0 Å². The Morgan fingerprint density at radius 3 is 2.50 bits per heavy atom. The number of benzene rings is 2. The average molecular weight is 444 g/mol. The summed E-state index contributed by atoms with van der Waals surface area (Å²) in [5.41, 5.74) is 3.16. The van der Waals surface area contributed by atoms with Crippen molar-refractivity contribution >= 4 is 12.0 Å². The van der Waals surface area contributed by atoms with E-state index < -0.39 is 29.7 Å². The molecule has 0 saturated heterocycles. The second-order valence-electron chi connectivity index (χ2n) is 7.43. The summed E-state index contributed by atoms with van der Waals surface area (Å²) in [4.78, 5) is 27.3. The van der Waals surface area contributed by atoms with E-state index in [9.17, 15) is 18.4 Å². The van der Waals surface area contributed by atoms with Gasteiger partial charge in [-0.05, 0) is 51.0 Å². The van der Waals surface area contributed by atoms with Crippen molar-refractivity contribution in [3.05, 3.63) is 76.0 Å². The summed E-state index contributed by atoms with van der Waals surface area (Å²) in [6.07, 6.45) is 0. The lowest BCUT2D eigenvalue weighted by Crippen LogP contribution is -2.49. The Balaban J connectivity index is 2.11. The van der Waals surface area contributed by atoms with Gasteiger partial charge in [0.05, 0.1) is 23.9 Å². The van der Waals surface area contributed by atoms with E-state index in [-0.39, 0.29) is 36.8 Å². The first kappa shape index (κ1) is 23.2. The van der Waals surface area contributed by atoms with Crippen molar-refractivity contribution < 1.29 is 27.8 Å². The number of hydrogen-bond donors (Lipinski definition) is 1. The minimum Gasteiger partial charge on any atom is -0.484 e. The minimum absolute atomic E-state index is 0.142. The molecule has 0 saturated carbocycles. The van der Waals surface area contributed by atoms with Crippen molar-refractivity contribution in [2.24, 2.45) is 0 Å². The quantitative estimate of drug-likeness (QED) is 0.636. The molecule has 0 spiro atoms. The third kappa shape index (κ3) is 4.74. The van der Waals surface area contributed by atoms with Crippen molar-refractivity contribution in [2.45, 2.75) is 33.7 Å². The Labute approximate surface area is 185 Å². The molecule has 1 atom stereocenters. The van der Waals surface area contributed by atoms with Gasteiger partial charge in [0.2, 0.25) is 0 Å². The van der Waals surface area contributed by atoms with Gasteiger partial charge in [-0.1, -0.05) is 23.8 Å². The fraction of sp³-hybridized carbons (Fsp3) is 0.333. The van der Waals surface area contributed by atoms with E-state index in [2.05, 4.69) is 5.32 Å². The second kappa shape index (κ2) is 9.80. The maximum absolute atomic E-state index is 14.1. The zero-order valence-corrected chi connectivity index (χ0v) is 18.5. The molecule has 3 rings (SSSR count). The zero-order chi connectivity index (χ0) is 23.4. The van der Waals surface area contributed by atoms with Gasteiger partial charge in [0.1, 0.15) is 12.4 Å². The highest BCUT2D eigenvalue weighted by Crippen LogP contribution is 2.34. The van der Waals surface area contributed by atoms with Crippen LogP contribution in [-0.4, -0.2) is 36.7 Å². The van der Waals surface area contributed by atoms with Crippen LogP contribution >= 0.6 is 0 Å². The van der Waals surface area contributed by atoms with Gasteiger partial charge < -0.3 is 14.8 Å². The lowest BCUT2D eigenvalue weighted by Gasteiger charge is -2.36. The third-order valence-corrected chi connectivity index (χ3v) is 5.24. The molecular weight excluding hydrogens is 418 g/mol. The molecule has 0 bridgehead atoms. The fourth-order valence-corrected chi connectivity index (χ4v) is 3.76. The van der Waals surface area contributed by atoms with Crippen molar-refractivity contribution in [2.75, 3.05) is 19.8 Å². The van der Waals surface area contributed by atoms with E-state index >= 15 is 0 Å². The van der Waals surface area contributed by atoms with Crippen LogP contribution in [0.15, 0.2) is 47.7 Å². The Bertz CT molecular complexity index is 1070. The molecule has 2 aromatic rings. The first-order chi connectivity index (χ1) is 15.3. The van der Waals surface area contributed by atoms with Crippen LogP contribution < -0.4 is 10.1 Å². The molecule has 2 amide bonds. The predicted octanol–water partition coefficient (Wildman–Crippen LogP) is 4.56. The Morgan fingerprint density at radius 2 is 1.88 bits per heavy atom. The van der Waals surface area contributed by atoms with Gasteiger partial charge in [-0.15, -0.1) is 0 Å². The summed E-state index contributed by atoms with van der Waals surface area (Å²) in [5, 5.41) is 2.88. The zero-order valence-electron chi connectivity index (χ0n) is 18.5. The number of carbonyl (C=O) groups is 2. The first-order valence-electron chi connectivity index (χ1n) is 10.4. The number of nitrogens with zero attached hydrogens (tertiary/aromatic N) is 1. The molecule has 1 aliphatic rings. The number of carbonyl (C=O) groups excluding carboxylic acids is 2. The van der Waals surface area contributed by atoms with Crippen LogP contribution in [0.3, 0.4) is 0 Å². The van der Waals surface area contributed by atoms with Crippen LogP contribution in [0.5, 0.6) is 5.75 Å². The van der Waals surface area contributed by atoms with Gasteiger partial charge in [0, 0.05) is 12.6 Å². The van der Waals surface area contributed by atoms with E-state index in [1.54, 1.807) is 13.8 Å². The average Bonchev–Trinajstić information content (AvgIpc) is 2.73. The predicted molar refractivity (Wildman–Crippen MR) is 115 cm³/mol. The summed E-state index contributed by atoms with van der Waals surface area (Å²) in [6.45, 7) is 7.40. The van der Waals surface area contributed by atoms with Gasteiger partial charge in [-0.25, -0.2) is 18.4 Å². The van der Waals surface area contributed by atoms with Crippen molar-refractivity contribution in [3.8, 4) is 5.75 Å². The molecule has 32 heavy (non-hydrogen) atoms. The standard InChI is InChI=1S/C24H26F2N2O4/c1-5-28-19(13-32-20-10-8-16(25)12-18(20)26)21(23(29)31-6-2)22(27-24(28)30)17-9-7-14(3)11-15(17)4/h7-12,22H,5-6,13H2,1-4H3,(H,27,30)/t22-/m1/s1. The molecule has 1 N–H and O–H groups in total. The normalized spacial score (nSPS) is 16.1. The highest BCUT2D eigenvalue weighted by molar-refractivity contribution is 5.95. The van der Waals surface area contributed by atoms with Crippen molar-refractivity contribution in [1.29, 1.82) is 0 Å². The van der Waals surface area contributed by atoms with Crippen LogP contribution in [0.25, 0.3) is 0 Å². The molecule has 0 aliphatic carbocycles. The van der Waals surface area contributed by atoms with Gasteiger partial charge >= 0.3 is 12.0 Å². The second-order valence-corrected chi connectivity index (χ2v) is 7.43. The van der Waals surface area contributed by atoms with Crippen LogP contribution in [0.1, 0.15) is 36.6 Å². The molecule has 0 unspecified atom stereocenters. The summed E-state index contributed by atoms with van der Waals surface area (Å²) in [5.74, 6) is -2.40. The van der Waals surface area contributed by atoms with Crippen molar-refractivity contribution in [1.82, 2.24) is 10.2 Å². The SMILES string of the molecule is CCOC(=O)C1=C(COc2ccc(F)cc2F)N(CC)C(=O)N[C@@H]1c1ccc(C)cc1C. The number of amides is 2. The maximum atomic E-state index is 14.1. The van der Waals surface area contributed by atoms with E-state index in [1.165, 1.54) is 4.90 Å². The number of nitrogens with one attached hydrogen (secondary N) is 1. The summed E-state index contributed by atoms with van der Waals surface area (Å²) in [7, 11) is 0. The molecule has 8 heteroatoms. The van der Waals surface area contributed by atoms with Crippen LogP contribution in [0.4, 0.5) is 13.6 Å². The Morgan fingerprint density at radius 1 is 1.12 bits per heavy atom. The van der Waals surface area contributed by atoms with E-state index in [0.29, 0.717) is 6.07 Å². The van der Waals surface area contributed by atoms with E-state index in [4.69, 9.17) is 9.47 Å². The molecule has 0 aromatic heterocycles. The molecule has 0 radical (unpaired) electrons. The molecule has 6 nitrogen and oxygen atoms in total. The molecule has 170 valence electrons. The molecule has 1 aliphatic heterocycles. The van der Waals surface area contributed by atoms with Crippen LogP contribution in [-0.2, 0) is 9.53 Å². The van der Waals surface area contributed by atoms with E-state index in [1.807, 2.05) is 32.0 Å². The summed E-state index contributed by atoms with van der Waals surface area (Å²) < 4.78 is 38.2. The number of likely N-dealkylation sites (N-methyl/N-ethyl adjacent to an activating group) is 1. The molecule has 0 fully saturated rings. The Kier molecular flexibility index (Phi) is 7.12. The van der Waals surface area contributed by atoms with Crippen LogP contribution in [0.2, 0.25) is 0 Å². The monoisotopic (exact) mass is 444 g/mol. The number of ether oxygens (including phenoxy) is 2. The smallest absolute Gasteiger partial charge is 0.338 e. The number of esters is 1. The molecule has 2 aromatic carbocycles. The number of urea groups is 1. The minimum atomic E-state index is -0.877. The molecule has 1 heterocycles. The van der Waals surface area contributed by atoms with Crippen molar-refractivity contribution in [3.63, 3.8) is 0 Å². The largest absolute Gasteiger partial charge is 0.484 e. The number of halogens is 2. The maximum Gasteiger partial charge on any atom is 0.338 e. The molecular formula is C24H26F2N2O4. The topological polar surface area (TPSA) is 67.9 Å².